The lowest BCUT2D eigenvalue weighted by molar-refractivity contribution is -0.140. The largest absolute Gasteiger partial charge is 0.354 e. The van der Waals surface area contributed by atoms with E-state index in [0.29, 0.717) is 28.6 Å². The van der Waals surface area contributed by atoms with E-state index in [2.05, 4.69) is 12.2 Å². The van der Waals surface area contributed by atoms with Crippen LogP contribution in [0, 0.1) is 13.8 Å². The van der Waals surface area contributed by atoms with Gasteiger partial charge in [0.15, 0.2) is 0 Å². The lowest BCUT2D eigenvalue weighted by Gasteiger charge is -2.31. The van der Waals surface area contributed by atoms with Gasteiger partial charge in [-0.1, -0.05) is 67.7 Å². The van der Waals surface area contributed by atoms with Crippen molar-refractivity contribution in [2.75, 3.05) is 6.54 Å². The van der Waals surface area contributed by atoms with E-state index in [0.717, 1.165) is 24.0 Å². The Morgan fingerprint density at radius 3 is 2.29 bits per heavy atom. The Balaban J connectivity index is 2.34. The van der Waals surface area contributed by atoms with Crippen LogP contribution in [0.4, 0.5) is 0 Å². The maximum Gasteiger partial charge on any atom is 0.242 e. The first-order valence-corrected chi connectivity index (χ1v) is 11.6. The number of halogens is 2. The van der Waals surface area contributed by atoms with E-state index in [9.17, 15) is 9.59 Å². The molecule has 0 aromatic heterocycles. The maximum atomic E-state index is 13.4. The van der Waals surface area contributed by atoms with Crippen LogP contribution in [0.15, 0.2) is 36.4 Å². The molecule has 1 N–H and O–H groups in total. The third kappa shape index (κ3) is 6.98. The summed E-state index contributed by atoms with van der Waals surface area (Å²) in [6, 6.07) is 10.7. The Kier molecular flexibility index (Phi) is 9.86. The monoisotopic (exact) mass is 462 g/mol. The van der Waals surface area contributed by atoms with Gasteiger partial charge in [-0.2, -0.15) is 0 Å². The Morgan fingerprint density at radius 1 is 1.03 bits per heavy atom. The van der Waals surface area contributed by atoms with Crippen LogP contribution in [0.3, 0.4) is 0 Å². The van der Waals surface area contributed by atoms with Crippen molar-refractivity contribution in [2.45, 2.75) is 66.0 Å². The van der Waals surface area contributed by atoms with Gasteiger partial charge in [-0.25, -0.2) is 0 Å². The summed E-state index contributed by atoms with van der Waals surface area (Å²) in [5, 5.41) is 3.93. The minimum absolute atomic E-state index is 0.128. The fourth-order valence-corrected chi connectivity index (χ4v) is 3.99. The quantitative estimate of drug-likeness (QED) is 0.448. The summed E-state index contributed by atoms with van der Waals surface area (Å²) in [5.74, 6) is -0.274. The number of amides is 2. The lowest BCUT2D eigenvalue weighted by Crippen LogP contribution is -2.49. The number of hydrogen-bond acceptors (Lipinski definition) is 2. The van der Waals surface area contributed by atoms with Gasteiger partial charge >= 0.3 is 0 Å². The second-order valence-electron chi connectivity index (χ2n) is 7.89. The molecule has 0 heterocycles. The molecule has 2 amide bonds. The molecule has 0 saturated carbocycles. The van der Waals surface area contributed by atoms with Crippen molar-refractivity contribution >= 4 is 35.0 Å². The number of nitrogens with zero attached hydrogens (tertiary/aromatic N) is 1. The molecule has 0 unspecified atom stereocenters. The van der Waals surface area contributed by atoms with Gasteiger partial charge in [0.05, 0.1) is 6.42 Å². The van der Waals surface area contributed by atoms with Crippen LogP contribution in [0.25, 0.3) is 0 Å². The van der Waals surface area contributed by atoms with Gasteiger partial charge in [0.2, 0.25) is 11.8 Å². The van der Waals surface area contributed by atoms with Gasteiger partial charge in [0.1, 0.15) is 6.04 Å². The van der Waals surface area contributed by atoms with Crippen molar-refractivity contribution in [3.05, 3.63) is 68.7 Å². The van der Waals surface area contributed by atoms with Crippen LogP contribution in [-0.2, 0) is 22.6 Å². The van der Waals surface area contributed by atoms with Crippen LogP contribution in [-0.4, -0.2) is 29.3 Å². The van der Waals surface area contributed by atoms with E-state index in [4.69, 9.17) is 23.2 Å². The Bertz CT molecular complexity index is 894. The molecule has 0 fully saturated rings. The zero-order valence-electron chi connectivity index (χ0n) is 18.8. The highest BCUT2D eigenvalue weighted by atomic mass is 35.5. The zero-order chi connectivity index (χ0) is 23.0. The number of unbranched alkanes of at least 4 members (excludes halogenated alkanes) is 1. The molecule has 4 nitrogen and oxygen atoms in total. The molecule has 0 spiro atoms. The molecule has 168 valence electrons. The van der Waals surface area contributed by atoms with Crippen molar-refractivity contribution in [3.63, 3.8) is 0 Å². The smallest absolute Gasteiger partial charge is 0.242 e. The maximum absolute atomic E-state index is 13.4. The minimum atomic E-state index is -0.594. The average Bonchev–Trinajstić information content (AvgIpc) is 2.72. The highest BCUT2D eigenvalue weighted by molar-refractivity contribution is 6.36. The fraction of sp³-hybridized carbons (Fsp3) is 0.440. The van der Waals surface area contributed by atoms with Crippen LogP contribution < -0.4 is 5.32 Å². The standard InChI is InChI=1S/C25H32Cl2N2O2/c1-5-7-13-28-25(31)23(6-2)29(16-20-21(26)9-8-10-22(20)27)24(30)15-19-12-11-17(3)18(4)14-19/h8-12,14,23H,5-7,13,15-16H2,1-4H3,(H,28,31)/t23-/m1/s1. The van der Waals surface area contributed by atoms with Gasteiger partial charge < -0.3 is 10.2 Å². The number of hydrogen-bond donors (Lipinski definition) is 1. The highest BCUT2D eigenvalue weighted by Crippen LogP contribution is 2.27. The van der Waals surface area contributed by atoms with Crippen molar-refractivity contribution in [3.8, 4) is 0 Å². The third-order valence-electron chi connectivity index (χ3n) is 5.53. The third-order valence-corrected chi connectivity index (χ3v) is 6.24. The molecule has 2 aromatic carbocycles. The Labute approximate surface area is 195 Å². The number of rotatable bonds is 10. The molecular weight excluding hydrogens is 431 g/mol. The average molecular weight is 463 g/mol. The predicted octanol–water partition coefficient (Wildman–Crippen LogP) is 5.88. The molecule has 31 heavy (non-hydrogen) atoms. The van der Waals surface area contributed by atoms with Gasteiger partial charge in [0.25, 0.3) is 0 Å². The Morgan fingerprint density at radius 2 is 1.71 bits per heavy atom. The van der Waals surface area contributed by atoms with E-state index in [1.807, 2.05) is 39.0 Å². The molecule has 0 aliphatic heterocycles. The van der Waals surface area contributed by atoms with E-state index in [-0.39, 0.29) is 24.8 Å². The van der Waals surface area contributed by atoms with Crippen LogP contribution in [0.5, 0.6) is 0 Å². The molecule has 0 aliphatic carbocycles. The fourth-order valence-electron chi connectivity index (χ4n) is 3.47. The van der Waals surface area contributed by atoms with Crippen molar-refractivity contribution in [1.82, 2.24) is 10.2 Å². The topological polar surface area (TPSA) is 49.4 Å². The molecule has 2 aromatic rings. The number of carbonyl (C=O) groups is 2. The van der Waals surface area contributed by atoms with Gasteiger partial charge in [-0.05, 0) is 55.5 Å². The second kappa shape index (κ2) is 12.1. The van der Waals surface area contributed by atoms with Gasteiger partial charge in [-0.15, -0.1) is 0 Å². The van der Waals surface area contributed by atoms with Crippen molar-refractivity contribution in [1.29, 1.82) is 0 Å². The predicted molar refractivity (Wildman–Crippen MR) is 129 cm³/mol. The molecule has 0 aliphatic rings. The molecule has 6 heteroatoms. The van der Waals surface area contributed by atoms with Crippen LogP contribution >= 0.6 is 23.2 Å². The highest BCUT2D eigenvalue weighted by Gasteiger charge is 2.29. The molecule has 0 radical (unpaired) electrons. The summed E-state index contributed by atoms with van der Waals surface area (Å²) in [6.07, 6.45) is 2.59. The van der Waals surface area contributed by atoms with E-state index >= 15 is 0 Å². The van der Waals surface area contributed by atoms with E-state index < -0.39 is 6.04 Å². The Hall–Kier alpha value is -2.04. The van der Waals surface area contributed by atoms with E-state index in [1.54, 1.807) is 23.1 Å². The summed E-state index contributed by atoms with van der Waals surface area (Å²) in [4.78, 5) is 28.0. The molecule has 0 saturated heterocycles. The summed E-state index contributed by atoms with van der Waals surface area (Å²) >= 11 is 12.8. The summed E-state index contributed by atoms with van der Waals surface area (Å²) in [5.41, 5.74) is 3.89. The van der Waals surface area contributed by atoms with Gasteiger partial charge in [-0.3, -0.25) is 9.59 Å². The summed E-state index contributed by atoms with van der Waals surface area (Å²) in [6.45, 7) is 8.83. The molecule has 2 rings (SSSR count). The number of benzene rings is 2. The van der Waals surface area contributed by atoms with Gasteiger partial charge in [0, 0.05) is 28.7 Å². The summed E-state index contributed by atoms with van der Waals surface area (Å²) < 4.78 is 0. The molecule has 1 atom stereocenters. The van der Waals surface area contributed by atoms with Crippen LogP contribution in [0.2, 0.25) is 10.0 Å². The zero-order valence-corrected chi connectivity index (χ0v) is 20.3. The van der Waals surface area contributed by atoms with Crippen molar-refractivity contribution in [2.24, 2.45) is 0 Å². The summed E-state index contributed by atoms with van der Waals surface area (Å²) in [7, 11) is 0. The van der Waals surface area contributed by atoms with Crippen molar-refractivity contribution < 1.29 is 9.59 Å². The number of aryl methyl sites for hydroxylation is 2. The van der Waals surface area contributed by atoms with Crippen LogP contribution in [0.1, 0.15) is 55.4 Å². The van der Waals surface area contributed by atoms with E-state index in [1.165, 1.54) is 5.56 Å². The molecular formula is C25H32Cl2N2O2. The normalized spacial score (nSPS) is 11.8. The first-order chi connectivity index (χ1) is 14.8. The first-order valence-electron chi connectivity index (χ1n) is 10.8. The minimum Gasteiger partial charge on any atom is -0.354 e. The second-order valence-corrected chi connectivity index (χ2v) is 8.70. The SMILES string of the molecule is CCCCNC(=O)[C@@H](CC)N(Cc1c(Cl)cccc1Cl)C(=O)Cc1ccc(C)c(C)c1. The number of carbonyl (C=O) groups excluding carboxylic acids is 2. The number of nitrogens with one attached hydrogen (secondary N) is 1. The lowest BCUT2D eigenvalue weighted by atomic mass is 10.0. The molecule has 0 bridgehead atoms. The first kappa shape index (κ1) is 25.2.